The van der Waals surface area contributed by atoms with Crippen LogP contribution in [0, 0.1) is 0 Å². The summed E-state index contributed by atoms with van der Waals surface area (Å²) >= 11 is 0. The van der Waals surface area contributed by atoms with Gasteiger partial charge in [0.1, 0.15) is 5.75 Å². The van der Waals surface area contributed by atoms with Crippen molar-refractivity contribution in [3.63, 3.8) is 0 Å². The van der Waals surface area contributed by atoms with Gasteiger partial charge in [-0.25, -0.2) is 0 Å². The standard InChI is InChI=1S/C22H31N3O3/c1-6-25(7-2)22(27)16-23(3)15-21(26)24(4)14-17-8-9-19-13-20(28-5)11-10-18(19)12-17/h8-13H,6-7,14-16H2,1-5H3. The number of hydrogen-bond acceptors (Lipinski definition) is 4. The van der Waals surface area contributed by atoms with Gasteiger partial charge in [0.15, 0.2) is 0 Å². The van der Waals surface area contributed by atoms with Crippen LogP contribution in [0.2, 0.25) is 0 Å². The van der Waals surface area contributed by atoms with Crippen LogP contribution >= 0.6 is 0 Å². The van der Waals surface area contributed by atoms with E-state index in [1.807, 2.05) is 44.2 Å². The molecule has 0 bridgehead atoms. The second-order valence-electron chi connectivity index (χ2n) is 7.04. The minimum absolute atomic E-state index is 0.00956. The van der Waals surface area contributed by atoms with Gasteiger partial charge in [-0.2, -0.15) is 0 Å². The molecule has 2 aromatic rings. The zero-order valence-corrected chi connectivity index (χ0v) is 17.6. The molecule has 0 aliphatic carbocycles. The van der Waals surface area contributed by atoms with Crippen molar-refractivity contribution in [3.05, 3.63) is 42.0 Å². The number of fused-ring (bicyclic) bond motifs is 1. The van der Waals surface area contributed by atoms with E-state index in [1.165, 1.54) is 0 Å². The Morgan fingerprint density at radius 3 is 2.14 bits per heavy atom. The fourth-order valence-electron chi connectivity index (χ4n) is 3.18. The number of amides is 2. The van der Waals surface area contributed by atoms with Crippen LogP contribution in [-0.2, 0) is 16.1 Å². The SMILES string of the molecule is CCN(CC)C(=O)CN(C)CC(=O)N(C)Cc1ccc2cc(OC)ccc2c1. The summed E-state index contributed by atoms with van der Waals surface area (Å²) in [6.07, 6.45) is 0. The van der Waals surface area contributed by atoms with Crippen LogP contribution in [0.15, 0.2) is 36.4 Å². The molecule has 0 aromatic heterocycles. The van der Waals surface area contributed by atoms with Crippen molar-refractivity contribution in [1.29, 1.82) is 0 Å². The highest BCUT2D eigenvalue weighted by Gasteiger charge is 2.17. The molecule has 0 saturated carbocycles. The summed E-state index contributed by atoms with van der Waals surface area (Å²) in [5.74, 6) is 0.868. The van der Waals surface area contributed by atoms with Gasteiger partial charge < -0.3 is 14.5 Å². The molecule has 0 fully saturated rings. The minimum Gasteiger partial charge on any atom is -0.497 e. The lowest BCUT2D eigenvalue weighted by molar-refractivity contribution is -0.134. The van der Waals surface area contributed by atoms with Crippen LogP contribution in [-0.4, -0.2) is 73.9 Å². The van der Waals surface area contributed by atoms with Crippen molar-refractivity contribution in [2.45, 2.75) is 20.4 Å². The number of carbonyl (C=O) groups excluding carboxylic acids is 2. The topological polar surface area (TPSA) is 53.1 Å². The molecule has 2 aromatic carbocycles. The smallest absolute Gasteiger partial charge is 0.236 e. The molecule has 0 atom stereocenters. The molecule has 0 unspecified atom stereocenters. The Bertz CT molecular complexity index is 818. The Kier molecular flexibility index (Phi) is 7.81. The Labute approximate surface area is 167 Å². The summed E-state index contributed by atoms with van der Waals surface area (Å²) in [6, 6.07) is 12.1. The normalized spacial score (nSPS) is 10.9. The Hall–Kier alpha value is -2.60. The van der Waals surface area contributed by atoms with Crippen molar-refractivity contribution >= 4 is 22.6 Å². The number of benzene rings is 2. The fourth-order valence-corrected chi connectivity index (χ4v) is 3.18. The first-order chi connectivity index (χ1) is 13.4. The minimum atomic E-state index is -0.00956. The monoisotopic (exact) mass is 385 g/mol. The summed E-state index contributed by atoms with van der Waals surface area (Å²) in [7, 11) is 5.25. The van der Waals surface area contributed by atoms with E-state index in [2.05, 4.69) is 6.07 Å². The number of methoxy groups -OCH3 is 1. The van der Waals surface area contributed by atoms with Crippen LogP contribution in [0.5, 0.6) is 5.75 Å². The lowest BCUT2D eigenvalue weighted by atomic mass is 10.1. The van der Waals surface area contributed by atoms with Crippen LogP contribution < -0.4 is 4.74 Å². The third-order valence-electron chi connectivity index (χ3n) is 4.88. The van der Waals surface area contributed by atoms with Crippen LogP contribution in [0.25, 0.3) is 10.8 Å². The number of nitrogens with zero attached hydrogens (tertiary/aromatic N) is 3. The Morgan fingerprint density at radius 2 is 1.50 bits per heavy atom. The molecule has 0 N–H and O–H groups in total. The summed E-state index contributed by atoms with van der Waals surface area (Å²) in [4.78, 5) is 30.0. The lowest BCUT2D eigenvalue weighted by Crippen LogP contribution is -2.42. The number of carbonyl (C=O) groups is 2. The second kappa shape index (κ2) is 10.1. The number of likely N-dealkylation sites (N-methyl/N-ethyl adjacent to an activating group) is 3. The second-order valence-corrected chi connectivity index (χ2v) is 7.04. The predicted molar refractivity (Wildman–Crippen MR) is 112 cm³/mol. The molecule has 2 amide bonds. The maximum atomic E-state index is 12.5. The first-order valence-electron chi connectivity index (χ1n) is 9.64. The Balaban J connectivity index is 1.94. The molecule has 0 heterocycles. The fraction of sp³-hybridized carbons (Fsp3) is 0.455. The molecule has 0 saturated heterocycles. The van der Waals surface area contributed by atoms with E-state index >= 15 is 0 Å². The highest BCUT2D eigenvalue weighted by molar-refractivity contribution is 5.85. The number of hydrogen-bond donors (Lipinski definition) is 0. The molecule has 0 radical (unpaired) electrons. The lowest BCUT2D eigenvalue weighted by Gasteiger charge is -2.24. The van der Waals surface area contributed by atoms with E-state index in [9.17, 15) is 9.59 Å². The van der Waals surface area contributed by atoms with Crippen molar-refractivity contribution in [2.24, 2.45) is 0 Å². The maximum absolute atomic E-state index is 12.5. The highest BCUT2D eigenvalue weighted by Crippen LogP contribution is 2.22. The third kappa shape index (κ3) is 5.70. The zero-order chi connectivity index (χ0) is 20.7. The van der Waals surface area contributed by atoms with Gasteiger partial charge in [0.2, 0.25) is 11.8 Å². The highest BCUT2D eigenvalue weighted by atomic mass is 16.5. The van der Waals surface area contributed by atoms with E-state index in [1.54, 1.807) is 35.9 Å². The zero-order valence-electron chi connectivity index (χ0n) is 17.6. The Morgan fingerprint density at radius 1 is 0.893 bits per heavy atom. The van der Waals surface area contributed by atoms with E-state index in [-0.39, 0.29) is 24.9 Å². The van der Waals surface area contributed by atoms with Crippen molar-refractivity contribution in [3.8, 4) is 5.75 Å². The molecule has 2 rings (SSSR count). The van der Waals surface area contributed by atoms with Gasteiger partial charge in [0.25, 0.3) is 0 Å². The first-order valence-corrected chi connectivity index (χ1v) is 9.64. The summed E-state index contributed by atoms with van der Waals surface area (Å²) in [5.41, 5.74) is 1.07. The molecule has 152 valence electrons. The van der Waals surface area contributed by atoms with Crippen molar-refractivity contribution in [1.82, 2.24) is 14.7 Å². The average molecular weight is 386 g/mol. The molecule has 0 spiro atoms. The largest absolute Gasteiger partial charge is 0.497 e. The van der Waals surface area contributed by atoms with Gasteiger partial charge >= 0.3 is 0 Å². The summed E-state index contributed by atoms with van der Waals surface area (Å²) < 4.78 is 5.26. The van der Waals surface area contributed by atoms with Crippen LogP contribution in [0.3, 0.4) is 0 Å². The summed E-state index contributed by atoms with van der Waals surface area (Å²) in [6.45, 7) is 6.28. The van der Waals surface area contributed by atoms with Crippen LogP contribution in [0.4, 0.5) is 0 Å². The number of rotatable bonds is 9. The van der Waals surface area contributed by atoms with Gasteiger partial charge in [0, 0.05) is 26.7 Å². The molecule has 6 heteroatoms. The first kappa shape index (κ1) is 21.7. The van der Waals surface area contributed by atoms with E-state index in [4.69, 9.17) is 4.74 Å². The van der Waals surface area contributed by atoms with Crippen molar-refractivity contribution < 1.29 is 14.3 Å². The van der Waals surface area contributed by atoms with E-state index in [0.29, 0.717) is 19.6 Å². The van der Waals surface area contributed by atoms with Gasteiger partial charge in [0.05, 0.1) is 20.2 Å². The van der Waals surface area contributed by atoms with Crippen molar-refractivity contribution in [2.75, 3.05) is 47.4 Å². The molecule has 28 heavy (non-hydrogen) atoms. The number of ether oxygens (including phenoxy) is 1. The van der Waals surface area contributed by atoms with Gasteiger partial charge in [-0.15, -0.1) is 0 Å². The van der Waals surface area contributed by atoms with Gasteiger partial charge in [-0.1, -0.05) is 18.2 Å². The maximum Gasteiger partial charge on any atom is 0.236 e. The van der Waals surface area contributed by atoms with Gasteiger partial charge in [-0.05, 0) is 55.4 Å². The quantitative estimate of drug-likeness (QED) is 0.666. The molecule has 0 aliphatic heterocycles. The van der Waals surface area contributed by atoms with Gasteiger partial charge in [-0.3, -0.25) is 14.5 Å². The molecule has 6 nitrogen and oxygen atoms in total. The molecular formula is C22H31N3O3. The van der Waals surface area contributed by atoms with E-state index < -0.39 is 0 Å². The molecule has 0 aliphatic rings. The molecular weight excluding hydrogens is 354 g/mol. The average Bonchev–Trinajstić information content (AvgIpc) is 2.68. The van der Waals surface area contributed by atoms with Crippen LogP contribution in [0.1, 0.15) is 19.4 Å². The summed E-state index contributed by atoms with van der Waals surface area (Å²) in [5, 5.41) is 2.22. The predicted octanol–water partition coefficient (Wildman–Crippen LogP) is 2.61. The van der Waals surface area contributed by atoms with E-state index in [0.717, 1.165) is 22.1 Å². The third-order valence-corrected chi connectivity index (χ3v) is 4.88.